The van der Waals surface area contributed by atoms with Crippen LogP contribution >= 0.6 is 0 Å². The summed E-state index contributed by atoms with van der Waals surface area (Å²) in [5.41, 5.74) is 5.16. The third kappa shape index (κ3) is 2.39. The first-order valence-electron chi connectivity index (χ1n) is 8.37. The minimum Gasteiger partial charge on any atom is -0.288 e. The summed E-state index contributed by atoms with van der Waals surface area (Å²) in [7, 11) is 0. The summed E-state index contributed by atoms with van der Waals surface area (Å²) in [4.78, 5) is 11.7. The molecule has 0 aromatic carbocycles. The Morgan fingerprint density at radius 3 is 3.00 bits per heavy atom. The van der Waals surface area contributed by atoms with Crippen molar-refractivity contribution < 1.29 is 0 Å². The van der Waals surface area contributed by atoms with Crippen LogP contribution in [0.1, 0.15) is 47.2 Å². The minimum absolute atomic E-state index is 0.464. The molecule has 1 saturated heterocycles. The first-order valence-corrected chi connectivity index (χ1v) is 8.37. The van der Waals surface area contributed by atoms with Crippen LogP contribution in [0.3, 0.4) is 0 Å². The fourth-order valence-electron chi connectivity index (χ4n) is 4.06. The maximum absolute atomic E-state index is 4.68. The van der Waals surface area contributed by atoms with Gasteiger partial charge >= 0.3 is 0 Å². The molecular formula is C18H23N5. The number of nitrogens with zero attached hydrogens (tertiary/aromatic N) is 5. The van der Waals surface area contributed by atoms with E-state index in [2.05, 4.69) is 33.5 Å². The van der Waals surface area contributed by atoms with Crippen molar-refractivity contribution in [3.63, 3.8) is 0 Å². The number of allylic oxidation sites excluding steroid dienone is 1. The molecule has 0 N–H and O–H groups in total. The summed E-state index contributed by atoms with van der Waals surface area (Å²) < 4.78 is 2.02. The van der Waals surface area contributed by atoms with Crippen molar-refractivity contribution in [3.05, 3.63) is 53.4 Å². The van der Waals surface area contributed by atoms with Crippen LogP contribution in [-0.4, -0.2) is 30.7 Å². The monoisotopic (exact) mass is 309 g/mol. The van der Waals surface area contributed by atoms with Crippen LogP contribution in [-0.2, 0) is 19.5 Å². The fraction of sp³-hybridized carbons (Fsp3) is 0.500. The van der Waals surface area contributed by atoms with Gasteiger partial charge in [0.1, 0.15) is 5.82 Å². The smallest absolute Gasteiger partial charge is 0.125 e. The number of hydrogen-bond acceptors (Lipinski definition) is 4. The Hall–Kier alpha value is -2.01. The summed E-state index contributed by atoms with van der Waals surface area (Å²) in [6, 6.07) is 1.07. The Bertz CT molecular complexity index is 748. The van der Waals surface area contributed by atoms with Gasteiger partial charge in [0.2, 0.25) is 0 Å². The Labute approximate surface area is 137 Å². The molecule has 2 atom stereocenters. The minimum atomic E-state index is 0.464. The van der Waals surface area contributed by atoms with E-state index in [1.165, 1.54) is 35.4 Å². The summed E-state index contributed by atoms with van der Waals surface area (Å²) in [6.45, 7) is 9.67. The summed E-state index contributed by atoms with van der Waals surface area (Å²) in [6.07, 6.45) is 9.47. The Morgan fingerprint density at radius 1 is 1.30 bits per heavy atom. The second-order valence-electron chi connectivity index (χ2n) is 6.67. The SMILES string of the molecule is C=CCn1ncc(CN2[C@H]3CC[C@@H]2c2cnc(C)nc2C3)c1C. The van der Waals surface area contributed by atoms with Gasteiger partial charge in [-0.2, -0.15) is 5.10 Å². The van der Waals surface area contributed by atoms with Crippen molar-refractivity contribution >= 4 is 0 Å². The van der Waals surface area contributed by atoms with Gasteiger partial charge in [0.25, 0.3) is 0 Å². The van der Waals surface area contributed by atoms with Crippen LogP contribution in [0.15, 0.2) is 25.0 Å². The second kappa shape index (κ2) is 5.57. The quantitative estimate of drug-likeness (QED) is 0.815. The van der Waals surface area contributed by atoms with Crippen LogP contribution in [0.25, 0.3) is 0 Å². The molecule has 23 heavy (non-hydrogen) atoms. The standard InChI is InChI=1S/C18H23N5/c1-4-7-23-12(2)14(9-20-23)11-22-15-5-6-18(22)16-10-19-13(3)21-17(16)8-15/h4,9-10,15,18H,1,5-8,11H2,2-3H3/t15-,18+/m0/s1. The van der Waals surface area contributed by atoms with Gasteiger partial charge in [0.15, 0.2) is 0 Å². The van der Waals surface area contributed by atoms with Gasteiger partial charge in [0.05, 0.1) is 18.4 Å². The van der Waals surface area contributed by atoms with Gasteiger partial charge in [-0.3, -0.25) is 9.58 Å². The maximum atomic E-state index is 4.68. The lowest BCUT2D eigenvalue weighted by atomic mass is 9.98. The lowest BCUT2D eigenvalue weighted by molar-refractivity contribution is 0.165. The third-order valence-corrected chi connectivity index (χ3v) is 5.31. The second-order valence-corrected chi connectivity index (χ2v) is 6.67. The van der Waals surface area contributed by atoms with E-state index in [4.69, 9.17) is 0 Å². The maximum Gasteiger partial charge on any atom is 0.125 e. The van der Waals surface area contributed by atoms with Crippen LogP contribution < -0.4 is 0 Å². The molecule has 2 bridgehead atoms. The Kier molecular flexibility index (Phi) is 3.53. The topological polar surface area (TPSA) is 46.8 Å². The van der Waals surface area contributed by atoms with Crippen LogP contribution in [0.4, 0.5) is 0 Å². The van der Waals surface area contributed by atoms with E-state index in [-0.39, 0.29) is 0 Å². The summed E-state index contributed by atoms with van der Waals surface area (Å²) in [5, 5.41) is 4.49. The van der Waals surface area contributed by atoms with Gasteiger partial charge in [-0.15, -0.1) is 6.58 Å². The molecule has 2 aromatic rings. The largest absolute Gasteiger partial charge is 0.288 e. The van der Waals surface area contributed by atoms with E-state index < -0.39 is 0 Å². The normalized spacial score (nSPS) is 23.0. The van der Waals surface area contributed by atoms with Crippen molar-refractivity contribution in [2.45, 2.75) is 58.3 Å². The zero-order chi connectivity index (χ0) is 16.0. The van der Waals surface area contributed by atoms with Gasteiger partial charge < -0.3 is 0 Å². The predicted octanol–water partition coefficient (Wildman–Crippen LogP) is 2.74. The fourth-order valence-corrected chi connectivity index (χ4v) is 4.06. The molecule has 4 heterocycles. The molecule has 5 nitrogen and oxygen atoms in total. The molecule has 0 saturated carbocycles. The average molecular weight is 309 g/mol. The molecule has 2 aromatic heterocycles. The van der Waals surface area contributed by atoms with E-state index >= 15 is 0 Å². The highest BCUT2D eigenvalue weighted by atomic mass is 15.3. The van der Waals surface area contributed by atoms with Gasteiger partial charge in [-0.1, -0.05) is 6.08 Å². The molecule has 120 valence electrons. The van der Waals surface area contributed by atoms with E-state index in [0.29, 0.717) is 12.1 Å². The molecule has 0 aliphatic carbocycles. The van der Waals surface area contributed by atoms with Crippen molar-refractivity contribution in [2.75, 3.05) is 0 Å². The van der Waals surface area contributed by atoms with E-state index in [0.717, 1.165) is 25.3 Å². The van der Waals surface area contributed by atoms with E-state index in [1.807, 2.05) is 30.1 Å². The van der Waals surface area contributed by atoms with E-state index in [1.54, 1.807) is 0 Å². The van der Waals surface area contributed by atoms with Crippen molar-refractivity contribution in [1.82, 2.24) is 24.6 Å². The molecule has 0 spiro atoms. The average Bonchev–Trinajstić information content (AvgIpc) is 3.01. The lowest BCUT2D eigenvalue weighted by Crippen LogP contribution is -2.37. The van der Waals surface area contributed by atoms with Crippen molar-refractivity contribution in [1.29, 1.82) is 0 Å². The number of hydrogen-bond donors (Lipinski definition) is 0. The third-order valence-electron chi connectivity index (χ3n) is 5.31. The highest BCUT2D eigenvalue weighted by Crippen LogP contribution is 2.43. The van der Waals surface area contributed by atoms with Crippen molar-refractivity contribution in [3.8, 4) is 0 Å². The lowest BCUT2D eigenvalue weighted by Gasteiger charge is -2.35. The Balaban J connectivity index is 1.61. The first kappa shape index (κ1) is 14.6. The summed E-state index contributed by atoms with van der Waals surface area (Å²) >= 11 is 0. The van der Waals surface area contributed by atoms with Crippen LogP contribution in [0, 0.1) is 13.8 Å². The highest BCUT2D eigenvalue weighted by molar-refractivity contribution is 5.29. The van der Waals surface area contributed by atoms with E-state index in [9.17, 15) is 0 Å². The first-order chi connectivity index (χ1) is 11.2. The molecule has 4 rings (SSSR count). The summed E-state index contributed by atoms with van der Waals surface area (Å²) in [5.74, 6) is 0.887. The molecule has 2 aliphatic heterocycles. The zero-order valence-electron chi connectivity index (χ0n) is 13.9. The number of aryl methyl sites for hydroxylation is 1. The molecule has 0 amide bonds. The molecule has 0 radical (unpaired) electrons. The number of rotatable bonds is 4. The molecule has 5 heteroatoms. The van der Waals surface area contributed by atoms with Crippen LogP contribution in [0.2, 0.25) is 0 Å². The Morgan fingerprint density at radius 2 is 2.17 bits per heavy atom. The highest BCUT2D eigenvalue weighted by Gasteiger charge is 2.40. The molecule has 2 aliphatic rings. The molecule has 1 fully saturated rings. The zero-order valence-corrected chi connectivity index (χ0v) is 13.9. The molecule has 0 unspecified atom stereocenters. The van der Waals surface area contributed by atoms with Crippen LogP contribution in [0.5, 0.6) is 0 Å². The van der Waals surface area contributed by atoms with Crippen molar-refractivity contribution in [2.24, 2.45) is 0 Å². The number of fused-ring (bicyclic) bond motifs is 4. The van der Waals surface area contributed by atoms with Gasteiger partial charge in [-0.05, 0) is 26.7 Å². The number of aromatic nitrogens is 4. The van der Waals surface area contributed by atoms with Gasteiger partial charge in [0, 0.05) is 48.1 Å². The molecular weight excluding hydrogens is 286 g/mol. The van der Waals surface area contributed by atoms with Gasteiger partial charge in [-0.25, -0.2) is 9.97 Å². The predicted molar refractivity (Wildman–Crippen MR) is 88.9 cm³/mol.